The van der Waals surface area contributed by atoms with Gasteiger partial charge in [-0.05, 0) is 31.9 Å². The number of nitrogens with one attached hydrogen (secondary N) is 1. The zero-order valence-electron chi connectivity index (χ0n) is 10.0. The van der Waals surface area contributed by atoms with Crippen molar-refractivity contribution >= 4 is 11.3 Å². The van der Waals surface area contributed by atoms with E-state index in [4.69, 9.17) is 0 Å². The van der Waals surface area contributed by atoms with E-state index < -0.39 is 0 Å². The Balaban J connectivity index is 1.61. The summed E-state index contributed by atoms with van der Waals surface area (Å²) in [6, 6.07) is 5.26. The molecule has 0 spiro atoms. The number of aryl methyl sites for hydroxylation is 1. The van der Waals surface area contributed by atoms with E-state index in [2.05, 4.69) is 27.0 Å². The molecule has 0 radical (unpaired) electrons. The first-order chi connectivity index (χ1) is 8.31. The Morgan fingerprint density at radius 2 is 2.24 bits per heavy atom. The summed E-state index contributed by atoms with van der Waals surface area (Å²) in [6.07, 6.45) is 6.61. The van der Waals surface area contributed by atoms with Crippen molar-refractivity contribution in [1.82, 2.24) is 14.9 Å². The van der Waals surface area contributed by atoms with Crippen molar-refractivity contribution in [2.45, 2.75) is 38.9 Å². The molecule has 17 heavy (non-hydrogen) atoms. The van der Waals surface area contributed by atoms with Crippen LogP contribution in [0.25, 0.3) is 0 Å². The number of rotatable bonds is 5. The van der Waals surface area contributed by atoms with Crippen LogP contribution in [-0.2, 0) is 13.1 Å². The Hall–Kier alpha value is -1.13. The molecule has 1 saturated carbocycles. The van der Waals surface area contributed by atoms with Gasteiger partial charge in [0.15, 0.2) is 0 Å². The molecule has 0 bridgehead atoms. The van der Waals surface area contributed by atoms with Gasteiger partial charge < -0.3 is 9.88 Å². The summed E-state index contributed by atoms with van der Waals surface area (Å²) < 4.78 is 2.18. The van der Waals surface area contributed by atoms with Gasteiger partial charge in [-0.1, -0.05) is 0 Å². The van der Waals surface area contributed by atoms with Gasteiger partial charge in [0.05, 0.1) is 6.54 Å². The molecular formula is C13H17N3S. The summed E-state index contributed by atoms with van der Waals surface area (Å²) >= 11 is 1.90. The fourth-order valence-electron chi connectivity index (χ4n) is 1.87. The number of thiophene rings is 1. The van der Waals surface area contributed by atoms with Crippen LogP contribution < -0.4 is 5.32 Å². The van der Waals surface area contributed by atoms with Crippen LogP contribution in [0, 0.1) is 6.92 Å². The molecule has 0 saturated heterocycles. The number of hydrogen-bond acceptors (Lipinski definition) is 3. The van der Waals surface area contributed by atoms with Crippen molar-refractivity contribution in [3.63, 3.8) is 0 Å². The van der Waals surface area contributed by atoms with Crippen molar-refractivity contribution in [2.24, 2.45) is 0 Å². The Bertz CT molecular complexity index is 496. The van der Waals surface area contributed by atoms with Crippen molar-refractivity contribution in [3.8, 4) is 0 Å². The van der Waals surface area contributed by atoms with Crippen molar-refractivity contribution in [2.75, 3.05) is 0 Å². The lowest BCUT2D eigenvalue weighted by atomic mass is 10.4. The lowest BCUT2D eigenvalue weighted by molar-refractivity contribution is 0.695. The Kier molecular flexibility index (Phi) is 2.99. The van der Waals surface area contributed by atoms with Gasteiger partial charge in [0.2, 0.25) is 0 Å². The van der Waals surface area contributed by atoms with Gasteiger partial charge in [0.25, 0.3) is 0 Å². The van der Waals surface area contributed by atoms with Crippen LogP contribution in [0.5, 0.6) is 0 Å². The van der Waals surface area contributed by atoms with Gasteiger partial charge in [0.1, 0.15) is 5.82 Å². The minimum Gasteiger partial charge on any atom is -0.330 e. The lowest BCUT2D eigenvalue weighted by Crippen LogP contribution is -2.14. The second-order valence-corrected chi connectivity index (χ2v) is 5.88. The van der Waals surface area contributed by atoms with Gasteiger partial charge >= 0.3 is 0 Å². The summed E-state index contributed by atoms with van der Waals surface area (Å²) in [6.45, 7) is 4.02. The first kappa shape index (κ1) is 11.0. The summed E-state index contributed by atoms with van der Waals surface area (Å²) in [7, 11) is 0. The third-order valence-electron chi connectivity index (χ3n) is 3.11. The molecule has 0 unspecified atom stereocenters. The van der Waals surface area contributed by atoms with Crippen LogP contribution in [-0.4, -0.2) is 15.6 Å². The van der Waals surface area contributed by atoms with Crippen molar-refractivity contribution in [3.05, 3.63) is 40.1 Å². The zero-order chi connectivity index (χ0) is 11.7. The van der Waals surface area contributed by atoms with E-state index in [0.717, 1.165) is 25.0 Å². The summed E-state index contributed by atoms with van der Waals surface area (Å²) in [5, 5.41) is 3.55. The molecular weight excluding hydrogens is 230 g/mol. The topological polar surface area (TPSA) is 29.9 Å². The second kappa shape index (κ2) is 4.63. The maximum atomic E-state index is 4.24. The van der Waals surface area contributed by atoms with Gasteiger partial charge in [-0.3, -0.25) is 0 Å². The zero-order valence-corrected chi connectivity index (χ0v) is 10.8. The van der Waals surface area contributed by atoms with Crippen LogP contribution in [0.15, 0.2) is 24.5 Å². The highest BCUT2D eigenvalue weighted by Crippen LogP contribution is 2.22. The smallest absolute Gasteiger partial charge is 0.105 e. The van der Waals surface area contributed by atoms with Gasteiger partial charge in [-0.15, -0.1) is 11.3 Å². The fourth-order valence-corrected chi connectivity index (χ4v) is 2.84. The molecule has 4 heteroatoms. The Labute approximate surface area is 106 Å². The van der Waals surface area contributed by atoms with E-state index >= 15 is 0 Å². The van der Waals surface area contributed by atoms with Gasteiger partial charge in [-0.2, -0.15) is 0 Å². The highest BCUT2D eigenvalue weighted by Gasteiger charge is 2.20. The van der Waals surface area contributed by atoms with E-state index in [1.807, 2.05) is 30.7 Å². The quantitative estimate of drug-likeness (QED) is 0.880. The van der Waals surface area contributed by atoms with Crippen molar-refractivity contribution in [1.29, 1.82) is 0 Å². The molecule has 3 rings (SSSR count). The summed E-state index contributed by atoms with van der Waals surface area (Å²) in [4.78, 5) is 7.08. The van der Waals surface area contributed by atoms with Crippen LogP contribution in [0.3, 0.4) is 0 Å². The highest BCUT2D eigenvalue weighted by molar-refractivity contribution is 7.11. The summed E-state index contributed by atoms with van der Waals surface area (Å²) in [5.74, 6) is 1.08. The molecule has 0 aromatic carbocycles. The first-order valence-electron chi connectivity index (χ1n) is 6.10. The molecule has 0 atom stereocenters. The SMILES string of the molecule is Cc1nccn1Cc1ccc(CNC2CC2)s1. The molecule has 3 nitrogen and oxygen atoms in total. The van der Waals surface area contributed by atoms with Gasteiger partial charge in [-0.25, -0.2) is 4.98 Å². The van der Waals surface area contributed by atoms with Crippen LogP contribution in [0.2, 0.25) is 0 Å². The maximum absolute atomic E-state index is 4.24. The van der Waals surface area contributed by atoms with E-state index in [9.17, 15) is 0 Å². The van der Waals surface area contributed by atoms with Crippen LogP contribution in [0.1, 0.15) is 28.4 Å². The highest BCUT2D eigenvalue weighted by atomic mass is 32.1. The molecule has 0 amide bonds. The average molecular weight is 247 g/mol. The number of hydrogen-bond donors (Lipinski definition) is 1. The molecule has 1 fully saturated rings. The predicted molar refractivity (Wildman–Crippen MR) is 70.2 cm³/mol. The number of imidazole rings is 1. The normalized spacial score (nSPS) is 15.4. The molecule has 2 heterocycles. The number of nitrogens with zero attached hydrogens (tertiary/aromatic N) is 2. The molecule has 90 valence electrons. The van der Waals surface area contributed by atoms with Crippen molar-refractivity contribution < 1.29 is 0 Å². The molecule has 2 aromatic heterocycles. The minimum absolute atomic E-state index is 0.788. The third kappa shape index (κ3) is 2.76. The number of aromatic nitrogens is 2. The Morgan fingerprint density at radius 1 is 1.41 bits per heavy atom. The predicted octanol–water partition coefficient (Wildman–Crippen LogP) is 2.55. The first-order valence-corrected chi connectivity index (χ1v) is 6.91. The maximum Gasteiger partial charge on any atom is 0.105 e. The van der Waals surface area contributed by atoms with E-state index in [0.29, 0.717) is 0 Å². The van der Waals surface area contributed by atoms with E-state index in [1.165, 1.54) is 22.6 Å². The average Bonchev–Trinajstić information content (AvgIpc) is 2.92. The standard InChI is InChI=1S/C13H17N3S/c1-10-14-6-7-16(10)9-13-5-4-12(17-13)8-15-11-2-3-11/h4-7,11,15H,2-3,8-9H2,1H3. The molecule has 2 aromatic rings. The van der Waals surface area contributed by atoms with Crippen LogP contribution >= 0.6 is 11.3 Å². The summed E-state index contributed by atoms with van der Waals surface area (Å²) in [5.41, 5.74) is 0. The molecule has 1 N–H and O–H groups in total. The molecule has 0 aliphatic heterocycles. The molecule has 1 aliphatic rings. The molecule has 1 aliphatic carbocycles. The third-order valence-corrected chi connectivity index (χ3v) is 4.18. The lowest BCUT2D eigenvalue weighted by Gasteiger charge is -2.02. The fraction of sp³-hybridized carbons (Fsp3) is 0.462. The van der Waals surface area contributed by atoms with E-state index in [1.54, 1.807) is 0 Å². The van der Waals surface area contributed by atoms with Gasteiger partial charge in [0, 0.05) is 34.7 Å². The second-order valence-electron chi connectivity index (χ2n) is 4.63. The monoisotopic (exact) mass is 247 g/mol. The van der Waals surface area contributed by atoms with Crippen LogP contribution in [0.4, 0.5) is 0 Å². The minimum atomic E-state index is 0.788. The van der Waals surface area contributed by atoms with E-state index in [-0.39, 0.29) is 0 Å². The Morgan fingerprint density at radius 3 is 2.94 bits per heavy atom. The largest absolute Gasteiger partial charge is 0.330 e.